The lowest BCUT2D eigenvalue weighted by atomic mass is 9.74. The third-order valence-electron chi connectivity index (χ3n) is 4.00. The molecule has 0 heterocycles. The summed E-state index contributed by atoms with van der Waals surface area (Å²) < 4.78 is 13.4. The Kier molecular flexibility index (Phi) is 4.95. The van der Waals surface area contributed by atoms with E-state index in [2.05, 4.69) is 10.6 Å². The van der Waals surface area contributed by atoms with Crippen LogP contribution in [0.1, 0.15) is 32.1 Å². The Morgan fingerprint density at radius 1 is 1.25 bits per heavy atom. The molecule has 0 bridgehead atoms. The largest absolute Gasteiger partial charge is 0.396 e. The zero-order chi connectivity index (χ0) is 14.4. The lowest BCUT2D eigenvalue weighted by molar-refractivity contribution is 0.0840. The summed E-state index contributed by atoms with van der Waals surface area (Å²) in [5.74, 6) is -0.461. The van der Waals surface area contributed by atoms with E-state index in [0.717, 1.165) is 25.7 Å². The number of hydrogen-bond donors (Lipinski definition) is 3. The summed E-state index contributed by atoms with van der Waals surface area (Å²) in [4.78, 5) is 11.8. The van der Waals surface area contributed by atoms with E-state index in [0.29, 0.717) is 6.54 Å². The molecule has 1 aliphatic carbocycles. The summed E-state index contributed by atoms with van der Waals surface area (Å²) in [5, 5.41) is 14.8. The standard InChI is InChI=1S/C15H21FN2O2/c16-12-6-2-3-7-13(12)18-14(20)17-10-15(11-19)8-4-1-5-9-15/h2-3,6-7,19H,1,4-5,8-11H2,(H2,17,18,20). The predicted octanol–water partition coefficient (Wildman–Crippen LogP) is 2.89. The summed E-state index contributed by atoms with van der Waals surface area (Å²) in [6.45, 7) is 0.497. The highest BCUT2D eigenvalue weighted by Gasteiger charge is 2.31. The molecule has 3 N–H and O–H groups in total. The smallest absolute Gasteiger partial charge is 0.319 e. The molecule has 0 atom stereocenters. The van der Waals surface area contributed by atoms with Gasteiger partial charge < -0.3 is 15.7 Å². The van der Waals surface area contributed by atoms with Crippen LogP contribution >= 0.6 is 0 Å². The van der Waals surface area contributed by atoms with Crippen molar-refractivity contribution in [2.45, 2.75) is 32.1 Å². The molecule has 110 valence electrons. The monoisotopic (exact) mass is 280 g/mol. The molecule has 2 amide bonds. The Balaban J connectivity index is 1.87. The summed E-state index contributed by atoms with van der Waals surface area (Å²) in [7, 11) is 0. The van der Waals surface area contributed by atoms with E-state index < -0.39 is 11.8 Å². The molecule has 5 heteroatoms. The SMILES string of the molecule is O=C(NCC1(CO)CCCCC1)Nc1ccccc1F. The van der Waals surface area contributed by atoms with E-state index in [1.165, 1.54) is 18.6 Å². The van der Waals surface area contributed by atoms with E-state index in [4.69, 9.17) is 0 Å². The van der Waals surface area contributed by atoms with Crippen molar-refractivity contribution in [3.63, 3.8) is 0 Å². The maximum atomic E-state index is 13.4. The number of rotatable bonds is 4. The fourth-order valence-corrected chi connectivity index (χ4v) is 2.69. The number of benzene rings is 1. The Morgan fingerprint density at radius 2 is 1.95 bits per heavy atom. The third-order valence-corrected chi connectivity index (χ3v) is 4.00. The summed E-state index contributed by atoms with van der Waals surface area (Å²) in [6, 6.07) is 5.60. The van der Waals surface area contributed by atoms with Gasteiger partial charge in [-0.25, -0.2) is 9.18 Å². The number of aliphatic hydroxyl groups excluding tert-OH is 1. The summed E-state index contributed by atoms with van der Waals surface area (Å²) >= 11 is 0. The number of anilines is 1. The normalized spacial score (nSPS) is 17.5. The molecule has 1 aliphatic rings. The number of halogens is 1. The fraction of sp³-hybridized carbons (Fsp3) is 0.533. The summed E-state index contributed by atoms with van der Waals surface area (Å²) in [6.07, 6.45) is 5.18. The van der Waals surface area contributed by atoms with Crippen LogP contribution in [0.5, 0.6) is 0 Å². The van der Waals surface area contributed by atoms with Crippen LogP contribution in [0.15, 0.2) is 24.3 Å². The minimum Gasteiger partial charge on any atom is -0.396 e. The lowest BCUT2D eigenvalue weighted by Gasteiger charge is -2.35. The Morgan fingerprint density at radius 3 is 2.60 bits per heavy atom. The van der Waals surface area contributed by atoms with Crippen molar-refractivity contribution >= 4 is 11.7 Å². The van der Waals surface area contributed by atoms with Gasteiger partial charge in [-0.3, -0.25) is 0 Å². The molecule has 0 unspecified atom stereocenters. The molecule has 4 nitrogen and oxygen atoms in total. The average molecular weight is 280 g/mol. The molecule has 0 saturated heterocycles. The van der Waals surface area contributed by atoms with Gasteiger partial charge in [-0.15, -0.1) is 0 Å². The zero-order valence-electron chi connectivity index (χ0n) is 11.5. The molecule has 0 aliphatic heterocycles. The Labute approximate surface area is 118 Å². The van der Waals surface area contributed by atoms with Crippen LogP contribution in [0.4, 0.5) is 14.9 Å². The molecule has 0 aromatic heterocycles. The van der Waals surface area contributed by atoms with Gasteiger partial charge in [0.05, 0.1) is 12.3 Å². The predicted molar refractivity (Wildman–Crippen MR) is 76.0 cm³/mol. The van der Waals surface area contributed by atoms with Crippen LogP contribution in [0.2, 0.25) is 0 Å². The van der Waals surface area contributed by atoms with E-state index in [1.807, 2.05) is 0 Å². The van der Waals surface area contributed by atoms with E-state index in [1.54, 1.807) is 12.1 Å². The number of aliphatic hydroxyl groups is 1. The van der Waals surface area contributed by atoms with Crippen molar-refractivity contribution in [3.8, 4) is 0 Å². The number of hydrogen-bond acceptors (Lipinski definition) is 2. The van der Waals surface area contributed by atoms with Crippen LogP contribution < -0.4 is 10.6 Å². The van der Waals surface area contributed by atoms with E-state index >= 15 is 0 Å². The number of carbonyl (C=O) groups excluding carboxylic acids is 1. The Bertz CT molecular complexity index is 459. The van der Waals surface area contributed by atoms with Gasteiger partial charge in [0.15, 0.2) is 0 Å². The average Bonchev–Trinajstić information content (AvgIpc) is 2.49. The topological polar surface area (TPSA) is 61.4 Å². The minimum absolute atomic E-state index is 0.0764. The molecule has 20 heavy (non-hydrogen) atoms. The van der Waals surface area contributed by atoms with Crippen LogP contribution in [-0.2, 0) is 0 Å². The van der Waals surface area contributed by atoms with Crippen molar-refractivity contribution < 1.29 is 14.3 Å². The highest BCUT2D eigenvalue weighted by atomic mass is 19.1. The first-order valence-electron chi connectivity index (χ1n) is 7.05. The number of amides is 2. The van der Waals surface area contributed by atoms with Gasteiger partial charge in [0.25, 0.3) is 0 Å². The summed E-state index contributed by atoms with van der Waals surface area (Å²) in [5.41, 5.74) is -0.0585. The fourth-order valence-electron chi connectivity index (χ4n) is 2.69. The van der Waals surface area contributed by atoms with Crippen molar-refractivity contribution in [3.05, 3.63) is 30.1 Å². The number of para-hydroxylation sites is 1. The van der Waals surface area contributed by atoms with E-state index in [9.17, 15) is 14.3 Å². The maximum Gasteiger partial charge on any atom is 0.319 e. The van der Waals surface area contributed by atoms with Crippen LogP contribution in [0, 0.1) is 11.2 Å². The van der Waals surface area contributed by atoms with Gasteiger partial charge in [0.1, 0.15) is 5.82 Å². The highest BCUT2D eigenvalue weighted by Crippen LogP contribution is 2.35. The van der Waals surface area contributed by atoms with Crippen LogP contribution in [0.3, 0.4) is 0 Å². The number of carbonyl (C=O) groups is 1. The quantitative estimate of drug-likeness (QED) is 0.794. The van der Waals surface area contributed by atoms with Crippen molar-refractivity contribution in [1.82, 2.24) is 5.32 Å². The molecular weight excluding hydrogens is 259 g/mol. The number of nitrogens with one attached hydrogen (secondary N) is 2. The molecule has 0 spiro atoms. The maximum absolute atomic E-state index is 13.4. The molecule has 1 saturated carbocycles. The van der Waals surface area contributed by atoms with Crippen molar-refractivity contribution in [2.75, 3.05) is 18.5 Å². The van der Waals surface area contributed by atoms with Crippen LogP contribution in [-0.4, -0.2) is 24.3 Å². The second kappa shape index (κ2) is 6.70. The first-order chi connectivity index (χ1) is 9.65. The molecule has 0 radical (unpaired) electrons. The Hall–Kier alpha value is -1.62. The molecule has 1 aromatic rings. The second-order valence-corrected chi connectivity index (χ2v) is 5.51. The molecular formula is C15H21FN2O2. The van der Waals surface area contributed by atoms with Crippen molar-refractivity contribution in [2.24, 2.45) is 5.41 Å². The van der Waals surface area contributed by atoms with Gasteiger partial charge in [0.2, 0.25) is 0 Å². The van der Waals surface area contributed by atoms with E-state index in [-0.39, 0.29) is 17.7 Å². The van der Waals surface area contributed by atoms with Gasteiger partial charge in [-0.2, -0.15) is 0 Å². The molecule has 1 fully saturated rings. The molecule has 1 aromatic carbocycles. The first kappa shape index (κ1) is 14.8. The van der Waals surface area contributed by atoms with Gasteiger partial charge in [-0.1, -0.05) is 31.4 Å². The van der Waals surface area contributed by atoms with Crippen LogP contribution in [0.25, 0.3) is 0 Å². The van der Waals surface area contributed by atoms with Crippen molar-refractivity contribution in [1.29, 1.82) is 0 Å². The lowest BCUT2D eigenvalue weighted by Crippen LogP contribution is -2.42. The minimum atomic E-state index is -0.461. The second-order valence-electron chi connectivity index (χ2n) is 5.51. The number of urea groups is 1. The zero-order valence-corrected chi connectivity index (χ0v) is 11.5. The van der Waals surface area contributed by atoms with Gasteiger partial charge >= 0.3 is 6.03 Å². The van der Waals surface area contributed by atoms with Gasteiger partial charge in [0, 0.05) is 12.0 Å². The first-order valence-corrected chi connectivity index (χ1v) is 7.05. The highest BCUT2D eigenvalue weighted by molar-refractivity contribution is 5.89. The van der Waals surface area contributed by atoms with Gasteiger partial charge in [-0.05, 0) is 25.0 Å². The molecule has 2 rings (SSSR count). The third kappa shape index (κ3) is 3.70.